The fourth-order valence-electron chi connectivity index (χ4n) is 1.76. The standard InChI is InChI=1S/C14H17ClO3/c1-3-4-7-11(14(17)18-2)13(16)10-8-5-6-9-12(10)15/h5-6,8-9,11H,3-4,7H2,1-2H3. The lowest BCUT2D eigenvalue weighted by atomic mass is 9.93. The molecule has 1 atom stereocenters. The highest BCUT2D eigenvalue weighted by Crippen LogP contribution is 2.22. The molecular weight excluding hydrogens is 252 g/mol. The van der Waals surface area contributed by atoms with E-state index in [9.17, 15) is 9.59 Å². The first-order valence-electron chi connectivity index (χ1n) is 5.98. The molecule has 0 aliphatic carbocycles. The molecular formula is C14H17ClO3. The Balaban J connectivity index is 2.95. The Morgan fingerprint density at radius 1 is 1.33 bits per heavy atom. The van der Waals surface area contributed by atoms with Crippen molar-refractivity contribution >= 4 is 23.4 Å². The molecule has 1 rings (SSSR count). The molecule has 0 aliphatic rings. The molecule has 0 aromatic heterocycles. The summed E-state index contributed by atoms with van der Waals surface area (Å²) >= 11 is 5.97. The van der Waals surface area contributed by atoms with Crippen molar-refractivity contribution in [2.24, 2.45) is 5.92 Å². The maximum Gasteiger partial charge on any atom is 0.316 e. The first-order chi connectivity index (χ1) is 8.61. The molecule has 0 saturated carbocycles. The summed E-state index contributed by atoms with van der Waals surface area (Å²) < 4.78 is 4.69. The van der Waals surface area contributed by atoms with Crippen molar-refractivity contribution in [2.45, 2.75) is 26.2 Å². The van der Waals surface area contributed by atoms with Crippen molar-refractivity contribution in [3.05, 3.63) is 34.9 Å². The molecule has 18 heavy (non-hydrogen) atoms. The molecule has 98 valence electrons. The van der Waals surface area contributed by atoms with Gasteiger partial charge in [0.25, 0.3) is 0 Å². The second-order valence-electron chi connectivity index (χ2n) is 4.06. The molecule has 3 nitrogen and oxygen atoms in total. The lowest BCUT2D eigenvalue weighted by molar-refractivity contribution is -0.143. The monoisotopic (exact) mass is 268 g/mol. The van der Waals surface area contributed by atoms with Gasteiger partial charge in [-0.3, -0.25) is 9.59 Å². The van der Waals surface area contributed by atoms with E-state index in [-0.39, 0.29) is 5.78 Å². The quantitative estimate of drug-likeness (QED) is 0.450. The van der Waals surface area contributed by atoms with Gasteiger partial charge in [-0.1, -0.05) is 43.5 Å². The number of carbonyl (C=O) groups excluding carboxylic acids is 2. The van der Waals surface area contributed by atoms with Crippen molar-refractivity contribution in [1.82, 2.24) is 0 Å². The highest BCUT2D eigenvalue weighted by molar-refractivity contribution is 6.34. The molecule has 1 aromatic rings. The number of halogens is 1. The number of unbranched alkanes of at least 4 members (excludes halogenated alkanes) is 1. The zero-order valence-corrected chi connectivity index (χ0v) is 11.4. The minimum atomic E-state index is -0.755. The second-order valence-corrected chi connectivity index (χ2v) is 4.47. The first kappa shape index (κ1) is 14.7. The molecule has 0 amide bonds. The van der Waals surface area contributed by atoms with E-state index in [0.29, 0.717) is 17.0 Å². The number of esters is 1. The van der Waals surface area contributed by atoms with E-state index in [1.807, 2.05) is 6.92 Å². The van der Waals surface area contributed by atoms with Crippen LogP contribution in [0.1, 0.15) is 36.5 Å². The molecule has 0 fully saturated rings. The summed E-state index contributed by atoms with van der Waals surface area (Å²) in [6.07, 6.45) is 2.21. The van der Waals surface area contributed by atoms with Crippen LogP contribution in [0.25, 0.3) is 0 Å². The molecule has 0 spiro atoms. The topological polar surface area (TPSA) is 43.4 Å². The van der Waals surface area contributed by atoms with E-state index in [4.69, 9.17) is 11.6 Å². The molecule has 0 aliphatic heterocycles. The predicted octanol–water partition coefficient (Wildman–Crippen LogP) is 3.50. The fourth-order valence-corrected chi connectivity index (χ4v) is 1.98. The molecule has 0 saturated heterocycles. The van der Waals surface area contributed by atoms with Crippen molar-refractivity contribution in [3.8, 4) is 0 Å². The van der Waals surface area contributed by atoms with Crippen molar-refractivity contribution < 1.29 is 14.3 Å². The van der Waals surface area contributed by atoms with Gasteiger partial charge >= 0.3 is 5.97 Å². The van der Waals surface area contributed by atoms with Gasteiger partial charge in [-0.05, 0) is 18.6 Å². The molecule has 0 bridgehead atoms. The number of Topliss-reactive ketones (excluding diaryl/α,β-unsaturated/α-hetero) is 1. The largest absolute Gasteiger partial charge is 0.468 e. The van der Waals surface area contributed by atoms with Crippen LogP contribution >= 0.6 is 11.6 Å². The number of rotatable bonds is 6. The van der Waals surface area contributed by atoms with E-state index in [1.165, 1.54) is 7.11 Å². The molecule has 0 heterocycles. The van der Waals surface area contributed by atoms with E-state index >= 15 is 0 Å². The average Bonchev–Trinajstić information content (AvgIpc) is 2.39. The Kier molecular flexibility index (Phi) is 5.86. The van der Waals surface area contributed by atoms with Crippen LogP contribution in [-0.2, 0) is 9.53 Å². The van der Waals surface area contributed by atoms with Gasteiger partial charge in [-0.25, -0.2) is 0 Å². The number of carbonyl (C=O) groups is 2. The van der Waals surface area contributed by atoms with Gasteiger partial charge in [-0.15, -0.1) is 0 Å². The van der Waals surface area contributed by atoms with Crippen molar-refractivity contribution in [1.29, 1.82) is 0 Å². The average molecular weight is 269 g/mol. The van der Waals surface area contributed by atoms with Gasteiger partial charge in [0.1, 0.15) is 5.92 Å². The molecule has 1 aromatic carbocycles. The predicted molar refractivity (Wildman–Crippen MR) is 70.8 cm³/mol. The van der Waals surface area contributed by atoms with Crippen LogP contribution in [0.5, 0.6) is 0 Å². The van der Waals surface area contributed by atoms with Crippen molar-refractivity contribution in [3.63, 3.8) is 0 Å². The van der Waals surface area contributed by atoms with Gasteiger partial charge in [0.2, 0.25) is 0 Å². The van der Waals surface area contributed by atoms with Crippen LogP contribution in [0.2, 0.25) is 5.02 Å². The second kappa shape index (κ2) is 7.17. The number of hydrogen-bond donors (Lipinski definition) is 0. The maximum atomic E-state index is 12.3. The van der Waals surface area contributed by atoms with Crippen molar-refractivity contribution in [2.75, 3.05) is 7.11 Å². The highest BCUT2D eigenvalue weighted by Gasteiger charge is 2.28. The number of ether oxygens (including phenoxy) is 1. The zero-order chi connectivity index (χ0) is 13.5. The highest BCUT2D eigenvalue weighted by atomic mass is 35.5. The smallest absolute Gasteiger partial charge is 0.316 e. The Morgan fingerprint density at radius 3 is 2.56 bits per heavy atom. The summed E-state index contributed by atoms with van der Waals surface area (Å²) in [7, 11) is 1.29. The number of methoxy groups -OCH3 is 1. The van der Waals surface area contributed by atoms with E-state index < -0.39 is 11.9 Å². The Morgan fingerprint density at radius 2 is 2.00 bits per heavy atom. The van der Waals surface area contributed by atoms with Crippen LogP contribution in [-0.4, -0.2) is 18.9 Å². The summed E-state index contributed by atoms with van der Waals surface area (Å²) in [5, 5.41) is 0.368. The SMILES string of the molecule is CCCCC(C(=O)OC)C(=O)c1ccccc1Cl. The number of hydrogen-bond acceptors (Lipinski definition) is 3. The molecule has 0 N–H and O–H groups in total. The van der Waals surface area contributed by atoms with Gasteiger partial charge in [0.15, 0.2) is 5.78 Å². The van der Waals surface area contributed by atoms with Gasteiger partial charge < -0.3 is 4.74 Å². The summed E-state index contributed by atoms with van der Waals surface area (Å²) in [4.78, 5) is 23.9. The summed E-state index contributed by atoms with van der Waals surface area (Å²) in [5.74, 6) is -1.51. The number of benzene rings is 1. The minimum absolute atomic E-state index is 0.263. The molecule has 4 heteroatoms. The molecule has 1 unspecified atom stereocenters. The fraction of sp³-hybridized carbons (Fsp3) is 0.429. The lowest BCUT2D eigenvalue weighted by Gasteiger charge is -2.13. The zero-order valence-electron chi connectivity index (χ0n) is 10.6. The third-order valence-corrected chi connectivity index (χ3v) is 3.12. The number of ketones is 1. The van der Waals surface area contributed by atoms with Gasteiger partial charge in [0.05, 0.1) is 12.1 Å². The summed E-state index contributed by atoms with van der Waals surface area (Å²) in [5.41, 5.74) is 0.380. The van der Waals surface area contributed by atoms with E-state index in [2.05, 4.69) is 4.74 Å². The third-order valence-electron chi connectivity index (χ3n) is 2.79. The normalized spacial score (nSPS) is 11.9. The summed E-state index contributed by atoms with van der Waals surface area (Å²) in [6.45, 7) is 2.01. The Bertz CT molecular complexity index is 429. The Hall–Kier alpha value is -1.35. The Labute approximate surface area is 112 Å². The summed E-state index contributed by atoms with van der Waals surface area (Å²) in [6, 6.07) is 6.75. The van der Waals surface area contributed by atoms with Gasteiger partial charge in [-0.2, -0.15) is 0 Å². The van der Waals surface area contributed by atoms with E-state index in [0.717, 1.165) is 12.8 Å². The third kappa shape index (κ3) is 3.57. The van der Waals surface area contributed by atoms with Crippen LogP contribution in [0, 0.1) is 5.92 Å². The molecule has 0 radical (unpaired) electrons. The van der Waals surface area contributed by atoms with Crippen LogP contribution in [0.3, 0.4) is 0 Å². The lowest BCUT2D eigenvalue weighted by Crippen LogP contribution is -2.25. The van der Waals surface area contributed by atoms with Crippen LogP contribution in [0.15, 0.2) is 24.3 Å². The maximum absolute atomic E-state index is 12.3. The van der Waals surface area contributed by atoms with E-state index in [1.54, 1.807) is 24.3 Å². The van der Waals surface area contributed by atoms with Gasteiger partial charge in [0, 0.05) is 5.56 Å². The first-order valence-corrected chi connectivity index (χ1v) is 6.36. The minimum Gasteiger partial charge on any atom is -0.468 e. The van der Waals surface area contributed by atoms with Crippen LogP contribution < -0.4 is 0 Å². The van der Waals surface area contributed by atoms with Crippen LogP contribution in [0.4, 0.5) is 0 Å².